The zero-order valence-electron chi connectivity index (χ0n) is 15.9. The smallest absolute Gasteiger partial charge is 0.261 e. The number of rotatable bonds is 6. The summed E-state index contributed by atoms with van der Waals surface area (Å²) >= 11 is 7.05. The normalized spacial score (nSPS) is 11.1. The van der Waals surface area contributed by atoms with E-state index in [1.807, 2.05) is 13.8 Å². The molecule has 0 fully saturated rings. The lowest BCUT2D eigenvalue weighted by atomic mass is 10.0. The highest BCUT2D eigenvalue weighted by molar-refractivity contribution is 7.17. The molecule has 8 heteroatoms. The summed E-state index contributed by atoms with van der Waals surface area (Å²) in [6.45, 7) is 3.90. The van der Waals surface area contributed by atoms with Gasteiger partial charge >= 0.3 is 0 Å². The van der Waals surface area contributed by atoms with Crippen molar-refractivity contribution in [3.8, 4) is 5.69 Å². The summed E-state index contributed by atoms with van der Waals surface area (Å²) in [5.41, 5.74) is 0.326. The van der Waals surface area contributed by atoms with Crippen LogP contribution in [0.4, 0.5) is 0 Å². The number of benzene rings is 1. The SMILES string of the molecule is CC(C)(CNC(=O)c1ccc(Cl)s1)NC(=O)c1ccc(-n2ccccc2=O)cc1. The van der Waals surface area contributed by atoms with Crippen LogP contribution in [-0.2, 0) is 0 Å². The molecule has 2 amide bonds. The average molecular weight is 430 g/mol. The Morgan fingerprint density at radius 1 is 1.03 bits per heavy atom. The van der Waals surface area contributed by atoms with Crippen molar-refractivity contribution in [1.82, 2.24) is 15.2 Å². The molecule has 0 aliphatic carbocycles. The molecule has 0 radical (unpaired) electrons. The van der Waals surface area contributed by atoms with Crippen LogP contribution in [0.5, 0.6) is 0 Å². The number of amides is 2. The van der Waals surface area contributed by atoms with Gasteiger partial charge in [-0.3, -0.25) is 19.0 Å². The Morgan fingerprint density at radius 3 is 2.38 bits per heavy atom. The monoisotopic (exact) mass is 429 g/mol. The molecule has 0 saturated carbocycles. The fourth-order valence-electron chi connectivity index (χ4n) is 2.66. The van der Waals surface area contributed by atoms with Crippen molar-refractivity contribution in [2.24, 2.45) is 0 Å². The van der Waals surface area contributed by atoms with Crippen LogP contribution in [0.2, 0.25) is 4.34 Å². The van der Waals surface area contributed by atoms with E-state index in [1.165, 1.54) is 22.0 Å². The summed E-state index contributed by atoms with van der Waals surface area (Å²) in [7, 11) is 0. The Morgan fingerprint density at radius 2 is 1.76 bits per heavy atom. The minimum Gasteiger partial charge on any atom is -0.349 e. The highest BCUT2D eigenvalue weighted by atomic mass is 35.5. The van der Waals surface area contributed by atoms with Crippen LogP contribution in [0.15, 0.2) is 65.6 Å². The molecule has 150 valence electrons. The van der Waals surface area contributed by atoms with E-state index in [0.29, 0.717) is 20.5 Å². The minimum atomic E-state index is -0.664. The van der Waals surface area contributed by atoms with Crippen molar-refractivity contribution < 1.29 is 9.59 Å². The molecule has 2 heterocycles. The van der Waals surface area contributed by atoms with Gasteiger partial charge in [-0.25, -0.2) is 0 Å². The van der Waals surface area contributed by atoms with E-state index in [0.717, 1.165) is 0 Å². The Hall–Kier alpha value is -2.90. The van der Waals surface area contributed by atoms with Crippen LogP contribution in [-0.4, -0.2) is 28.5 Å². The maximum Gasteiger partial charge on any atom is 0.261 e. The number of nitrogens with one attached hydrogen (secondary N) is 2. The van der Waals surface area contributed by atoms with Crippen LogP contribution < -0.4 is 16.2 Å². The Labute approximate surface area is 177 Å². The molecule has 6 nitrogen and oxygen atoms in total. The van der Waals surface area contributed by atoms with Gasteiger partial charge in [0.05, 0.1) is 14.8 Å². The first-order valence-corrected chi connectivity index (χ1v) is 10.1. The Balaban J connectivity index is 1.62. The molecule has 0 aliphatic heterocycles. The summed E-state index contributed by atoms with van der Waals surface area (Å²) in [4.78, 5) is 37.2. The van der Waals surface area contributed by atoms with Gasteiger partial charge in [0, 0.05) is 30.1 Å². The summed E-state index contributed by atoms with van der Waals surface area (Å²) in [6.07, 6.45) is 1.67. The predicted octanol–water partition coefficient (Wildman–Crippen LogP) is 3.49. The molecular weight excluding hydrogens is 410 g/mol. The number of hydrogen-bond acceptors (Lipinski definition) is 4. The molecule has 2 N–H and O–H groups in total. The van der Waals surface area contributed by atoms with Crippen molar-refractivity contribution >= 4 is 34.8 Å². The summed E-state index contributed by atoms with van der Waals surface area (Å²) < 4.78 is 2.04. The first kappa shape index (κ1) is 20.8. The molecule has 0 bridgehead atoms. The number of carbonyl (C=O) groups excluding carboxylic acids is 2. The quantitative estimate of drug-likeness (QED) is 0.629. The molecule has 0 atom stereocenters. The van der Waals surface area contributed by atoms with Gasteiger partial charge in [0.15, 0.2) is 0 Å². The number of thiophene rings is 1. The van der Waals surface area contributed by atoms with E-state index in [2.05, 4.69) is 10.6 Å². The van der Waals surface area contributed by atoms with Gasteiger partial charge in [-0.2, -0.15) is 0 Å². The van der Waals surface area contributed by atoms with E-state index >= 15 is 0 Å². The van der Waals surface area contributed by atoms with Gasteiger partial charge in [-0.15, -0.1) is 11.3 Å². The highest BCUT2D eigenvalue weighted by Gasteiger charge is 2.22. The second-order valence-electron chi connectivity index (χ2n) is 7.08. The molecule has 0 spiro atoms. The summed E-state index contributed by atoms with van der Waals surface area (Å²) in [6, 6.07) is 15.0. The van der Waals surface area contributed by atoms with Gasteiger partial charge in [0.25, 0.3) is 17.4 Å². The van der Waals surface area contributed by atoms with Gasteiger partial charge < -0.3 is 10.6 Å². The van der Waals surface area contributed by atoms with Crippen LogP contribution in [0, 0.1) is 0 Å². The van der Waals surface area contributed by atoms with Gasteiger partial charge in [-0.05, 0) is 56.3 Å². The third-order valence-corrected chi connectivity index (χ3v) is 5.40. The topological polar surface area (TPSA) is 80.2 Å². The maximum absolute atomic E-state index is 12.6. The maximum atomic E-state index is 12.6. The number of hydrogen-bond donors (Lipinski definition) is 2. The van der Waals surface area contributed by atoms with Crippen LogP contribution >= 0.6 is 22.9 Å². The van der Waals surface area contributed by atoms with Gasteiger partial charge in [-0.1, -0.05) is 17.7 Å². The molecule has 0 saturated heterocycles. The number of pyridine rings is 1. The average Bonchev–Trinajstić information content (AvgIpc) is 3.13. The van der Waals surface area contributed by atoms with E-state index < -0.39 is 5.54 Å². The fraction of sp³-hybridized carbons (Fsp3) is 0.190. The van der Waals surface area contributed by atoms with E-state index in [9.17, 15) is 14.4 Å². The standard InChI is InChI=1S/C21H20ClN3O3S/c1-21(2,13-23-20(28)16-10-11-17(22)29-16)24-19(27)14-6-8-15(9-7-14)25-12-4-3-5-18(25)26/h3-12H,13H2,1-2H3,(H,23,28)(H,24,27). The van der Waals surface area contributed by atoms with E-state index in [1.54, 1.807) is 54.7 Å². The van der Waals surface area contributed by atoms with E-state index in [-0.39, 0.29) is 23.9 Å². The lowest BCUT2D eigenvalue weighted by Crippen LogP contribution is -2.51. The summed E-state index contributed by atoms with van der Waals surface area (Å²) in [5, 5.41) is 5.72. The lowest BCUT2D eigenvalue weighted by molar-refractivity contribution is 0.0883. The number of nitrogens with zero attached hydrogens (tertiary/aromatic N) is 1. The zero-order valence-corrected chi connectivity index (χ0v) is 17.5. The molecule has 29 heavy (non-hydrogen) atoms. The Bertz CT molecular complexity index is 1090. The molecule has 0 unspecified atom stereocenters. The zero-order chi connectivity index (χ0) is 21.0. The second-order valence-corrected chi connectivity index (χ2v) is 8.80. The molecule has 1 aromatic carbocycles. The third kappa shape index (κ3) is 5.34. The Kier molecular flexibility index (Phi) is 6.20. The van der Waals surface area contributed by atoms with Crippen molar-refractivity contribution in [2.45, 2.75) is 19.4 Å². The number of aromatic nitrogens is 1. The van der Waals surface area contributed by atoms with Gasteiger partial charge in [0.2, 0.25) is 0 Å². The fourth-order valence-corrected chi connectivity index (χ4v) is 3.62. The largest absolute Gasteiger partial charge is 0.349 e. The van der Waals surface area contributed by atoms with Crippen molar-refractivity contribution in [3.63, 3.8) is 0 Å². The van der Waals surface area contributed by atoms with Gasteiger partial charge in [0.1, 0.15) is 0 Å². The molecule has 0 aliphatic rings. The summed E-state index contributed by atoms with van der Waals surface area (Å²) in [5.74, 6) is -0.503. The highest BCUT2D eigenvalue weighted by Crippen LogP contribution is 2.21. The van der Waals surface area contributed by atoms with Crippen LogP contribution in [0.25, 0.3) is 5.69 Å². The van der Waals surface area contributed by atoms with Crippen molar-refractivity contribution in [2.75, 3.05) is 6.54 Å². The lowest BCUT2D eigenvalue weighted by Gasteiger charge is -2.26. The second kappa shape index (κ2) is 8.63. The predicted molar refractivity (Wildman–Crippen MR) is 115 cm³/mol. The number of halogens is 1. The first-order valence-electron chi connectivity index (χ1n) is 8.89. The van der Waals surface area contributed by atoms with Crippen LogP contribution in [0.3, 0.4) is 0 Å². The molecular formula is C21H20ClN3O3S. The third-order valence-electron chi connectivity index (χ3n) is 4.17. The van der Waals surface area contributed by atoms with E-state index in [4.69, 9.17) is 11.6 Å². The molecule has 3 aromatic rings. The first-order chi connectivity index (χ1) is 13.7. The van der Waals surface area contributed by atoms with Crippen molar-refractivity contribution in [3.05, 3.63) is 85.9 Å². The number of carbonyl (C=O) groups is 2. The minimum absolute atomic E-state index is 0.145. The molecule has 2 aromatic heterocycles. The van der Waals surface area contributed by atoms with Crippen molar-refractivity contribution in [1.29, 1.82) is 0 Å². The molecule has 3 rings (SSSR count). The van der Waals surface area contributed by atoms with Crippen LogP contribution in [0.1, 0.15) is 33.9 Å².